The fraction of sp³-hybridized carbons (Fsp3) is 0.375. The highest BCUT2D eigenvalue weighted by molar-refractivity contribution is 7.99. The normalized spacial score (nSPS) is 13.2. The van der Waals surface area contributed by atoms with Crippen molar-refractivity contribution in [2.75, 3.05) is 18.2 Å². The van der Waals surface area contributed by atoms with Gasteiger partial charge in [0.25, 0.3) is 5.56 Å². The SMILES string of the molecule is COC(=O)c1c(NC(=O)CSc2nccc(=O)[nH]2)sc2c1CCCC2. The predicted octanol–water partition coefficient (Wildman–Crippen LogP) is 2.23. The van der Waals surface area contributed by atoms with Gasteiger partial charge in [0.15, 0.2) is 5.16 Å². The molecule has 7 nitrogen and oxygen atoms in total. The maximum atomic E-state index is 12.2. The third kappa shape index (κ3) is 4.10. The van der Waals surface area contributed by atoms with Gasteiger partial charge in [0.1, 0.15) is 5.00 Å². The van der Waals surface area contributed by atoms with Gasteiger partial charge in [-0.05, 0) is 31.2 Å². The van der Waals surface area contributed by atoms with Crippen LogP contribution in [0.25, 0.3) is 0 Å². The van der Waals surface area contributed by atoms with Crippen molar-refractivity contribution in [3.05, 3.63) is 38.6 Å². The van der Waals surface area contributed by atoms with Crippen molar-refractivity contribution in [2.45, 2.75) is 30.8 Å². The lowest BCUT2D eigenvalue weighted by molar-refractivity contribution is -0.113. The summed E-state index contributed by atoms with van der Waals surface area (Å²) in [6.45, 7) is 0. The first kappa shape index (κ1) is 17.7. The number of aryl methyl sites for hydroxylation is 1. The summed E-state index contributed by atoms with van der Waals surface area (Å²) in [6.07, 6.45) is 5.26. The van der Waals surface area contributed by atoms with Crippen LogP contribution >= 0.6 is 23.1 Å². The van der Waals surface area contributed by atoms with Crippen LogP contribution in [0.1, 0.15) is 33.6 Å². The average molecular weight is 379 g/mol. The quantitative estimate of drug-likeness (QED) is 0.469. The van der Waals surface area contributed by atoms with Crippen molar-refractivity contribution < 1.29 is 14.3 Å². The minimum atomic E-state index is -0.420. The number of rotatable bonds is 5. The number of methoxy groups -OCH3 is 1. The van der Waals surface area contributed by atoms with E-state index in [1.165, 1.54) is 30.7 Å². The van der Waals surface area contributed by atoms with Crippen molar-refractivity contribution in [2.24, 2.45) is 0 Å². The van der Waals surface area contributed by atoms with Crippen LogP contribution in [0.4, 0.5) is 5.00 Å². The van der Waals surface area contributed by atoms with E-state index in [0.717, 1.165) is 47.9 Å². The van der Waals surface area contributed by atoms with E-state index < -0.39 is 5.97 Å². The number of nitrogens with one attached hydrogen (secondary N) is 2. The first-order chi connectivity index (χ1) is 12.1. The lowest BCUT2D eigenvalue weighted by Crippen LogP contribution is -2.17. The van der Waals surface area contributed by atoms with Crippen molar-refractivity contribution in [3.63, 3.8) is 0 Å². The lowest BCUT2D eigenvalue weighted by atomic mass is 9.95. The van der Waals surface area contributed by atoms with Crippen LogP contribution in [0.3, 0.4) is 0 Å². The zero-order valence-electron chi connectivity index (χ0n) is 13.6. The molecule has 132 valence electrons. The number of fused-ring (bicyclic) bond motifs is 1. The standard InChI is InChI=1S/C16H17N3O4S2/c1-23-15(22)13-9-4-2-3-5-10(9)25-14(13)18-12(21)8-24-16-17-7-6-11(20)19-16/h6-7H,2-5,8H2,1H3,(H,18,21)(H,17,19,20). The van der Waals surface area contributed by atoms with Crippen molar-refractivity contribution in [3.8, 4) is 0 Å². The van der Waals surface area contributed by atoms with E-state index in [0.29, 0.717) is 15.7 Å². The van der Waals surface area contributed by atoms with Crippen molar-refractivity contribution in [1.29, 1.82) is 0 Å². The zero-order valence-corrected chi connectivity index (χ0v) is 15.2. The second kappa shape index (κ2) is 7.83. The maximum Gasteiger partial charge on any atom is 0.341 e. The molecule has 9 heteroatoms. The van der Waals surface area contributed by atoms with Gasteiger partial charge in [-0.2, -0.15) is 0 Å². The first-order valence-corrected chi connectivity index (χ1v) is 9.59. The predicted molar refractivity (Wildman–Crippen MR) is 96.5 cm³/mol. The molecule has 2 aromatic rings. The van der Waals surface area contributed by atoms with E-state index in [1.54, 1.807) is 0 Å². The summed E-state index contributed by atoms with van der Waals surface area (Å²) in [6, 6.07) is 1.31. The Bertz CT molecular complexity index is 859. The van der Waals surface area contributed by atoms with Gasteiger partial charge in [-0.25, -0.2) is 9.78 Å². The number of carbonyl (C=O) groups is 2. The highest BCUT2D eigenvalue weighted by atomic mass is 32.2. The van der Waals surface area contributed by atoms with E-state index >= 15 is 0 Å². The fourth-order valence-electron chi connectivity index (χ4n) is 2.69. The topological polar surface area (TPSA) is 101 Å². The number of anilines is 1. The van der Waals surface area contributed by atoms with Crippen LogP contribution in [-0.4, -0.2) is 34.7 Å². The minimum Gasteiger partial charge on any atom is -0.465 e. The number of H-pyrrole nitrogens is 1. The summed E-state index contributed by atoms with van der Waals surface area (Å²) in [5.41, 5.74) is 1.21. The van der Waals surface area contributed by atoms with Gasteiger partial charge in [-0.3, -0.25) is 9.59 Å². The Morgan fingerprint density at radius 3 is 2.96 bits per heavy atom. The van der Waals surface area contributed by atoms with Gasteiger partial charge in [0.05, 0.1) is 18.4 Å². The van der Waals surface area contributed by atoms with E-state index in [2.05, 4.69) is 15.3 Å². The molecule has 0 radical (unpaired) electrons. The largest absolute Gasteiger partial charge is 0.465 e. The average Bonchev–Trinajstić information content (AvgIpc) is 2.97. The van der Waals surface area contributed by atoms with E-state index in [1.807, 2.05) is 0 Å². The van der Waals surface area contributed by atoms with Crippen molar-refractivity contribution in [1.82, 2.24) is 9.97 Å². The molecule has 0 saturated carbocycles. The Balaban J connectivity index is 1.73. The second-order valence-electron chi connectivity index (χ2n) is 5.48. The number of ether oxygens (including phenoxy) is 1. The third-order valence-corrected chi connectivity index (χ3v) is 5.90. The molecule has 1 aliphatic rings. The number of aromatic nitrogens is 2. The number of thioether (sulfide) groups is 1. The third-order valence-electron chi connectivity index (χ3n) is 3.80. The fourth-order valence-corrected chi connectivity index (χ4v) is 4.64. The molecule has 0 aliphatic heterocycles. The van der Waals surface area contributed by atoms with Crippen LogP contribution in [0.5, 0.6) is 0 Å². The molecule has 2 heterocycles. The molecule has 3 rings (SSSR count). The van der Waals surface area contributed by atoms with Crippen LogP contribution in [0, 0.1) is 0 Å². The highest BCUT2D eigenvalue weighted by Gasteiger charge is 2.26. The molecule has 2 N–H and O–H groups in total. The molecular weight excluding hydrogens is 362 g/mol. The van der Waals surface area contributed by atoms with Gasteiger partial charge < -0.3 is 15.0 Å². The van der Waals surface area contributed by atoms with Crippen LogP contribution < -0.4 is 10.9 Å². The number of esters is 1. The Labute approximate surface area is 152 Å². The molecule has 0 bridgehead atoms. The molecule has 0 fully saturated rings. The lowest BCUT2D eigenvalue weighted by Gasteiger charge is -2.11. The van der Waals surface area contributed by atoms with E-state index in [9.17, 15) is 14.4 Å². The summed E-state index contributed by atoms with van der Waals surface area (Å²) in [7, 11) is 1.34. The first-order valence-electron chi connectivity index (χ1n) is 7.79. The minimum absolute atomic E-state index is 0.0795. The number of carbonyl (C=O) groups excluding carboxylic acids is 2. The molecule has 25 heavy (non-hydrogen) atoms. The van der Waals surface area contributed by atoms with Gasteiger partial charge in [0, 0.05) is 17.1 Å². The van der Waals surface area contributed by atoms with E-state index in [4.69, 9.17) is 4.74 Å². The molecule has 1 amide bonds. The number of amides is 1. The second-order valence-corrected chi connectivity index (χ2v) is 7.55. The summed E-state index contributed by atoms with van der Waals surface area (Å²) >= 11 is 2.57. The summed E-state index contributed by atoms with van der Waals surface area (Å²) in [5, 5.41) is 3.72. The number of hydrogen-bond acceptors (Lipinski definition) is 7. The molecule has 0 aromatic carbocycles. The van der Waals surface area contributed by atoms with Gasteiger partial charge in [-0.1, -0.05) is 11.8 Å². The molecule has 0 saturated heterocycles. The number of thiophene rings is 1. The Hall–Kier alpha value is -2.13. The number of nitrogens with zero attached hydrogens (tertiary/aromatic N) is 1. The molecule has 2 aromatic heterocycles. The summed E-state index contributed by atoms with van der Waals surface area (Å²) < 4.78 is 4.89. The van der Waals surface area contributed by atoms with Gasteiger partial charge in [0.2, 0.25) is 5.91 Å². The summed E-state index contributed by atoms with van der Waals surface area (Å²) in [5.74, 6) is -0.604. The molecule has 0 unspecified atom stereocenters. The Morgan fingerprint density at radius 2 is 2.20 bits per heavy atom. The summed E-state index contributed by atoms with van der Waals surface area (Å²) in [4.78, 5) is 43.3. The van der Waals surface area contributed by atoms with Crippen LogP contribution in [0.2, 0.25) is 0 Å². The Kier molecular flexibility index (Phi) is 5.54. The zero-order chi connectivity index (χ0) is 17.8. The van der Waals surface area contributed by atoms with Gasteiger partial charge in [-0.15, -0.1) is 11.3 Å². The van der Waals surface area contributed by atoms with Crippen LogP contribution in [0.15, 0.2) is 22.2 Å². The number of aromatic amines is 1. The highest BCUT2D eigenvalue weighted by Crippen LogP contribution is 2.38. The molecular formula is C16H17N3O4S2. The molecule has 0 spiro atoms. The monoisotopic (exact) mass is 379 g/mol. The molecule has 0 atom stereocenters. The Morgan fingerprint density at radius 1 is 1.40 bits per heavy atom. The molecule has 1 aliphatic carbocycles. The van der Waals surface area contributed by atoms with Crippen LogP contribution in [-0.2, 0) is 22.4 Å². The van der Waals surface area contributed by atoms with Gasteiger partial charge >= 0.3 is 5.97 Å². The van der Waals surface area contributed by atoms with E-state index in [-0.39, 0.29) is 17.2 Å². The maximum absolute atomic E-state index is 12.2. The number of hydrogen-bond donors (Lipinski definition) is 2. The van der Waals surface area contributed by atoms with Crippen molar-refractivity contribution >= 4 is 40.0 Å². The smallest absolute Gasteiger partial charge is 0.341 e.